The summed E-state index contributed by atoms with van der Waals surface area (Å²) in [5, 5.41) is 11.2. The van der Waals surface area contributed by atoms with Gasteiger partial charge < -0.3 is 5.11 Å². The molecule has 0 saturated carbocycles. The van der Waals surface area contributed by atoms with Crippen LogP contribution < -0.4 is 0 Å². The van der Waals surface area contributed by atoms with E-state index in [0.29, 0.717) is 0 Å². The highest BCUT2D eigenvalue weighted by molar-refractivity contribution is 7.10. The molecule has 1 nitrogen and oxygen atoms in total. The summed E-state index contributed by atoms with van der Waals surface area (Å²) in [6, 6.07) is 2.20. The maximum atomic E-state index is 9.07. The Morgan fingerprint density at radius 1 is 1.50 bits per heavy atom. The van der Waals surface area contributed by atoms with Gasteiger partial charge in [-0.3, -0.25) is 0 Å². The molecule has 68 valence electrons. The van der Waals surface area contributed by atoms with E-state index >= 15 is 0 Å². The molecule has 1 rings (SSSR count). The Labute approximate surface area is 78.1 Å². The van der Waals surface area contributed by atoms with E-state index in [9.17, 15) is 0 Å². The molecule has 1 N–H and O–H groups in total. The molecule has 1 aromatic heterocycles. The van der Waals surface area contributed by atoms with Crippen molar-refractivity contribution in [3.05, 3.63) is 21.9 Å². The van der Waals surface area contributed by atoms with E-state index in [1.54, 1.807) is 11.3 Å². The summed E-state index contributed by atoms with van der Waals surface area (Å²) in [5.41, 5.74) is 1.35. The molecule has 2 heteroatoms. The monoisotopic (exact) mass is 184 g/mol. The van der Waals surface area contributed by atoms with Crippen LogP contribution in [0.4, 0.5) is 0 Å². The molecule has 0 aliphatic rings. The van der Waals surface area contributed by atoms with E-state index in [0.717, 1.165) is 6.42 Å². The summed E-state index contributed by atoms with van der Waals surface area (Å²) in [6.07, 6.45) is 0.974. The predicted molar refractivity (Wildman–Crippen MR) is 53.6 cm³/mol. The van der Waals surface area contributed by atoms with E-state index in [1.165, 1.54) is 10.4 Å². The van der Waals surface area contributed by atoms with Crippen LogP contribution in [0.15, 0.2) is 11.4 Å². The Hall–Kier alpha value is -0.340. The number of aryl methyl sites for hydroxylation is 1. The fourth-order valence-electron chi connectivity index (χ4n) is 1.11. The molecule has 0 radical (unpaired) electrons. The average Bonchev–Trinajstić information content (AvgIpc) is 2.35. The summed E-state index contributed by atoms with van der Waals surface area (Å²) in [4.78, 5) is 1.37. The Kier molecular flexibility index (Phi) is 2.91. The predicted octanol–water partition coefficient (Wildman–Crippen LogP) is 2.62. The molecular formula is C10H16OS. The maximum absolute atomic E-state index is 9.07. The number of aliphatic hydroxyl groups excluding tert-OH is 1. The summed E-state index contributed by atoms with van der Waals surface area (Å²) < 4.78 is 0. The van der Waals surface area contributed by atoms with Gasteiger partial charge in [0.1, 0.15) is 0 Å². The van der Waals surface area contributed by atoms with Gasteiger partial charge in [0, 0.05) is 11.5 Å². The van der Waals surface area contributed by atoms with E-state index < -0.39 is 0 Å². The summed E-state index contributed by atoms with van der Waals surface area (Å²) >= 11 is 1.78. The fraction of sp³-hybridized carbons (Fsp3) is 0.600. The third-order valence-electron chi connectivity index (χ3n) is 1.87. The van der Waals surface area contributed by atoms with E-state index in [-0.39, 0.29) is 12.0 Å². The van der Waals surface area contributed by atoms with E-state index in [2.05, 4.69) is 32.2 Å². The van der Waals surface area contributed by atoms with Crippen molar-refractivity contribution in [2.75, 3.05) is 6.61 Å². The third-order valence-corrected chi connectivity index (χ3v) is 2.92. The molecule has 0 fully saturated rings. The fourth-order valence-corrected chi connectivity index (χ4v) is 2.24. The first-order chi connectivity index (χ1) is 5.53. The van der Waals surface area contributed by atoms with Gasteiger partial charge in [0.15, 0.2) is 0 Å². The van der Waals surface area contributed by atoms with Gasteiger partial charge in [0.25, 0.3) is 0 Å². The smallest absolute Gasteiger partial charge is 0.0485 e. The molecule has 1 heterocycles. The lowest BCUT2D eigenvalue weighted by Gasteiger charge is -2.19. The van der Waals surface area contributed by atoms with Crippen LogP contribution in [-0.4, -0.2) is 11.7 Å². The lowest BCUT2D eigenvalue weighted by Crippen LogP contribution is -2.18. The van der Waals surface area contributed by atoms with Crippen LogP contribution >= 0.6 is 11.3 Å². The lowest BCUT2D eigenvalue weighted by molar-refractivity contribution is 0.160. The molecule has 0 aromatic carbocycles. The molecular weight excluding hydrogens is 168 g/mol. The Balaban J connectivity index is 2.63. The Morgan fingerprint density at radius 3 is 2.58 bits per heavy atom. The van der Waals surface area contributed by atoms with E-state index in [4.69, 9.17) is 5.11 Å². The van der Waals surface area contributed by atoms with Crippen molar-refractivity contribution in [2.24, 2.45) is 5.41 Å². The summed E-state index contributed by atoms with van der Waals surface area (Å²) in [6.45, 7) is 6.53. The van der Waals surface area contributed by atoms with Crippen molar-refractivity contribution in [2.45, 2.75) is 27.2 Å². The lowest BCUT2D eigenvalue weighted by atomic mass is 9.90. The molecule has 0 amide bonds. The average molecular weight is 184 g/mol. The van der Waals surface area contributed by atoms with Gasteiger partial charge >= 0.3 is 0 Å². The second kappa shape index (κ2) is 3.58. The second-order valence-corrected chi connectivity index (χ2v) is 5.09. The molecule has 1 aromatic rings. The number of aliphatic hydroxyl groups is 1. The van der Waals surface area contributed by atoms with Crippen LogP contribution in [0, 0.1) is 12.3 Å². The van der Waals surface area contributed by atoms with Crippen molar-refractivity contribution in [3.63, 3.8) is 0 Å². The molecule has 0 spiro atoms. The first-order valence-corrected chi connectivity index (χ1v) is 5.06. The Morgan fingerprint density at radius 2 is 2.17 bits per heavy atom. The largest absolute Gasteiger partial charge is 0.396 e. The van der Waals surface area contributed by atoms with Crippen LogP contribution in [0.5, 0.6) is 0 Å². The normalized spacial score (nSPS) is 12.0. The van der Waals surface area contributed by atoms with Gasteiger partial charge in [-0.05, 0) is 35.8 Å². The number of hydrogen-bond donors (Lipinski definition) is 1. The Bertz CT molecular complexity index is 250. The maximum Gasteiger partial charge on any atom is 0.0485 e. The van der Waals surface area contributed by atoms with Crippen molar-refractivity contribution in [1.29, 1.82) is 0 Å². The third kappa shape index (κ3) is 2.61. The van der Waals surface area contributed by atoms with Crippen LogP contribution in [0.1, 0.15) is 24.3 Å². The summed E-state index contributed by atoms with van der Waals surface area (Å²) in [7, 11) is 0. The molecule has 0 saturated heterocycles. The standard InChI is InChI=1S/C10H16OS/c1-8-4-9(12-6-8)5-10(2,3)7-11/h4,6,11H,5,7H2,1-3H3. The molecule has 0 bridgehead atoms. The number of rotatable bonds is 3. The van der Waals surface area contributed by atoms with Gasteiger partial charge in [-0.2, -0.15) is 0 Å². The second-order valence-electron chi connectivity index (χ2n) is 4.09. The van der Waals surface area contributed by atoms with Crippen LogP contribution in [0.3, 0.4) is 0 Å². The molecule has 0 atom stereocenters. The van der Waals surface area contributed by atoms with Crippen molar-refractivity contribution in [3.8, 4) is 0 Å². The quantitative estimate of drug-likeness (QED) is 0.765. The van der Waals surface area contributed by atoms with Gasteiger partial charge in [-0.15, -0.1) is 11.3 Å². The molecule has 12 heavy (non-hydrogen) atoms. The van der Waals surface area contributed by atoms with Gasteiger partial charge in [0.05, 0.1) is 0 Å². The topological polar surface area (TPSA) is 20.2 Å². The number of thiophene rings is 1. The first-order valence-electron chi connectivity index (χ1n) is 4.18. The zero-order chi connectivity index (χ0) is 9.19. The highest BCUT2D eigenvalue weighted by Gasteiger charge is 2.17. The minimum atomic E-state index is 0.0251. The van der Waals surface area contributed by atoms with Gasteiger partial charge in [0.2, 0.25) is 0 Å². The SMILES string of the molecule is Cc1csc(CC(C)(C)CO)c1. The van der Waals surface area contributed by atoms with Crippen molar-refractivity contribution >= 4 is 11.3 Å². The molecule has 0 aliphatic heterocycles. The zero-order valence-corrected chi connectivity index (χ0v) is 8.74. The highest BCUT2D eigenvalue weighted by atomic mass is 32.1. The van der Waals surface area contributed by atoms with Crippen LogP contribution in [0.2, 0.25) is 0 Å². The number of hydrogen-bond acceptors (Lipinski definition) is 2. The molecule has 0 unspecified atom stereocenters. The van der Waals surface area contributed by atoms with Crippen LogP contribution in [0.25, 0.3) is 0 Å². The summed E-state index contributed by atoms with van der Waals surface area (Å²) in [5.74, 6) is 0. The van der Waals surface area contributed by atoms with Crippen molar-refractivity contribution in [1.82, 2.24) is 0 Å². The minimum Gasteiger partial charge on any atom is -0.396 e. The van der Waals surface area contributed by atoms with Gasteiger partial charge in [-0.25, -0.2) is 0 Å². The van der Waals surface area contributed by atoms with E-state index in [1.807, 2.05) is 0 Å². The van der Waals surface area contributed by atoms with Crippen molar-refractivity contribution < 1.29 is 5.11 Å². The minimum absolute atomic E-state index is 0.0251. The molecule has 0 aliphatic carbocycles. The zero-order valence-electron chi connectivity index (χ0n) is 7.92. The van der Waals surface area contributed by atoms with Gasteiger partial charge in [-0.1, -0.05) is 13.8 Å². The van der Waals surface area contributed by atoms with Crippen LogP contribution in [-0.2, 0) is 6.42 Å². The highest BCUT2D eigenvalue weighted by Crippen LogP contribution is 2.25. The first kappa shape index (κ1) is 9.75.